The summed E-state index contributed by atoms with van der Waals surface area (Å²) in [6.07, 6.45) is 4.23. The quantitative estimate of drug-likeness (QED) is 0.937. The van der Waals surface area contributed by atoms with E-state index in [4.69, 9.17) is 4.52 Å². The Kier molecular flexibility index (Phi) is 4.06. The zero-order valence-electron chi connectivity index (χ0n) is 13.4. The molecule has 1 N–H and O–H groups in total. The highest BCUT2D eigenvalue weighted by Crippen LogP contribution is 2.32. The fraction of sp³-hybridized carbons (Fsp3) is 0.444. The molecular weight excluding hydrogens is 309 g/mol. The van der Waals surface area contributed by atoms with E-state index in [1.165, 1.54) is 12.1 Å². The van der Waals surface area contributed by atoms with Crippen molar-refractivity contribution in [3.8, 4) is 11.3 Å². The van der Waals surface area contributed by atoms with Gasteiger partial charge in [0.25, 0.3) is 5.91 Å². The predicted molar refractivity (Wildman–Crippen MR) is 87.0 cm³/mol. The third-order valence-electron chi connectivity index (χ3n) is 4.70. The van der Waals surface area contributed by atoms with Crippen LogP contribution in [-0.2, 0) is 0 Å². The van der Waals surface area contributed by atoms with E-state index >= 15 is 0 Å². The first kappa shape index (κ1) is 15.3. The molecule has 1 unspecified atom stereocenters. The summed E-state index contributed by atoms with van der Waals surface area (Å²) in [5.41, 5.74) is 1.03. The molecule has 2 aliphatic rings. The van der Waals surface area contributed by atoms with Crippen LogP contribution in [0.15, 0.2) is 34.9 Å². The molecule has 1 aliphatic carbocycles. The number of hydrogen-bond donors (Lipinski definition) is 1. The van der Waals surface area contributed by atoms with Crippen LogP contribution in [0.3, 0.4) is 0 Å². The number of benzene rings is 1. The van der Waals surface area contributed by atoms with Crippen LogP contribution in [0.5, 0.6) is 0 Å². The maximum atomic E-state index is 13.0. The van der Waals surface area contributed by atoms with Crippen LogP contribution in [0.4, 0.5) is 4.39 Å². The van der Waals surface area contributed by atoms with Gasteiger partial charge in [0, 0.05) is 30.3 Å². The van der Waals surface area contributed by atoms with Gasteiger partial charge in [0.15, 0.2) is 11.5 Å². The summed E-state index contributed by atoms with van der Waals surface area (Å²) in [5, 5.41) is 7.33. The Labute approximate surface area is 139 Å². The van der Waals surface area contributed by atoms with Crippen molar-refractivity contribution in [3.63, 3.8) is 0 Å². The standard InChI is InChI=1S/C18H20FN3O2/c19-13-5-3-12(4-6-13)17-10-16(21-24-17)18(23)22(14-7-8-14)15-2-1-9-20-11-15/h3-6,10,14-15,20H,1-2,7-9,11H2. The molecule has 2 aromatic rings. The molecule has 1 atom stereocenters. The van der Waals surface area contributed by atoms with Crippen LogP contribution >= 0.6 is 0 Å². The molecule has 1 aliphatic heterocycles. The number of carbonyl (C=O) groups is 1. The fourth-order valence-corrected chi connectivity index (χ4v) is 3.31. The number of aromatic nitrogens is 1. The molecular formula is C18H20FN3O2. The largest absolute Gasteiger partial charge is 0.355 e. The van der Waals surface area contributed by atoms with Gasteiger partial charge in [-0.3, -0.25) is 4.79 Å². The molecule has 0 radical (unpaired) electrons. The van der Waals surface area contributed by atoms with Crippen molar-refractivity contribution in [3.05, 3.63) is 41.8 Å². The molecule has 1 aromatic heterocycles. The predicted octanol–water partition coefficient (Wildman–Crippen LogP) is 2.84. The van der Waals surface area contributed by atoms with Gasteiger partial charge in [-0.25, -0.2) is 4.39 Å². The number of amides is 1. The second-order valence-corrected chi connectivity index (χ2v) is 6.53. The average molecular weight is 329 g/mol. The van der Waals surface area contributed by atoms with Gasteiger partial charge in [0.1, 0.15) is 5.82 Å². The Morgan fingerprint density at radius 1 is 1.21 bits per heavy atom. The Bertz CT molecular complexity index is 718. The highest BCUT2D eigenvalue weighted by Gasteiger charge is 2.39. The lowest BCUT2D eigenvalue weighted by molar-refractivity contribution is 0.0619. The third-order valence-corrected chi connectivity index (χ3v) is 4.70. The Hall–Kier alpha value is -2.21. The summed E-state index contributed by atoms with van der Waals surface area (Å²) < 4.78 is 18.3. The molecule has 1 amide bonds. The van der Waals surface area contributed by atoms with Crippen LogP contribution in [-0.4, -0.2) is 41.1 Å². The first-order valence-corrected chi connectivity index (χ1v) is 8.48. The molecule has 1 aromatic carbocycles. The van der Waals surface area contributed by atoms with E-state index < -0.39 is 0 Å². The van der Waals surface area contributed by atoms with E-state index in [1.807, 2.05) is 4.90 Å². The van der Waals surface area contributed by atoms with E-state index in [-0.39, 0.29) is 17.8 Å². The second-order valence-electron chi connectivity index (χ2n) is 6.53. The van der Waals surface area contributed by atoms with Crippen LogP contribution in [0, 0.1) is 5.82 Å². The monoisotopic (exact) mass is 329 g/mol. The van der Waals surface area contributed by atoms with Crippen molar-refractivity contribution in [2.24, 2.45) is 0 Å². The van der Waals surface area contributed by atoms with Gasteiger partial charge in [0.05, 0.1) is 0 Å². The summed E-state index contributed by atoms with van der Waals surface area (Å²) in [5.74, 6) is 0.110. The van der Waals surface area contributed by atoms with Gasteiger partial charge in [-0.2, -0.15) is 0 Å². The number of nitrogens with one attached hydrogen (secondary N) is 1. The maximum Gasteiger partial charge on any atom is 0.276 e. The number of halogens is 1. The number of hydrogen-bond acceptors (Lipinski definition) is 4. The third kappa shape index (κ3) is 3.06. The second kappa shape index (κ2) is 6.36. The maximum absolute atomic E-state index is 13.0. The number of piperidine rings is 1. The molecule has 1 saturated carbocycles. The van der Waals surface area contributed by atoms with Gasteiger partial charge in [-0.1, -0.05) is 5.16 Å². The van der Waals surface area contributed by atoms with E-state index in [0.717, 1.165) is 38.8 Å². The normalized spacial score (nSPS) is 20.8. The summed E-state index contributed by atoms with van der Waals surface area (Å²) in [7, 11) is 0. The minimum atomic E-state index is -0.306. The van der Waals surface area contributed by atoms with Crippen molar-refractivity contribution >= 4 is 5.91 Å². The minimum absolute atomic E-state index is 0.0664. The van der Waals surface area contributed by atoms with Crippen molar-refractivity contribution in [1.82, 2.24) is 15.4 Å². The van der Waals surface area contributed by atoms with Crippen molar-refractivity contribution in [1.29, 1.82) is 0 Å². The summed E-state index contributed by atoms with van der Waals surface area (Å²) in [6, 6.07) is 8.17. The Morgan fingerprint density at radius 3 is 2.67 bits per heavy atom. The molecule has 2 fully saturated rings. The zero-order valence-corrected chi connectivity index (χ0v) is 13.4. The molecule has 6 heteroatoms. The highest BCUT2D eigenvalue weighted by molar-refractivity contribution is 5.93. The van der Waals surface area contributed by atoms with E-state index in [1.54, 1.807) is 18.2 Å². The summed E-state index contributed by atoms with van der Waals surface area (Å²) in [4.78, 5) is 14.9. The van der Waals surface area contributed by atoms with Gasteiger partial charge < -0.3 is 14.7 Å². The smallest absolute Gasteiger partial charge is 0.276 e. The lowest BCUT2D eigenvalue weighted by atomic mass is 10.0. The first-order valence-electron chi connectivity index (χ1n) is 8.48. The zero-order chi connectivity index (χ0) is 16.5. The molecule has 4 rings (SSSR count). The molecule has 0 bridgehead atoms. The minimum Gasteiger partial charge on any atom is -0.355 e. The highest BCUT2D eigenvalue weighted by atomic mass is 19.1. The summed E-state index contributed by atoms with van der Waals surface area (Å²) in [6.45, 7) is 1.85. The topological polar surface area (TPSA) is 58.4 Å². The number of rotatable bonds is 4. The van der Waals surface area contributed by atoms with Crippen LogP contribution in [0.1, 0.15) is 36.2 Å². The van der Waals surface area contributed by atoms with Gasteiger partial charge >= 0.3 is 0 Å². The number of carbonyl (C=O) groups excluding carboxylic acids is 1. The Balaban J connectivity index is 1.55. The molecule has 24 heavy (non-hydrogen) atoms. The SMILES string of the molecule is O=C(c1cc(-c2ccc(F)cc2)on1)N(C1CC1)C1CCCNC1. The van der Waals surface area contributed by atoms with Crippen molar-refractivity contribution in [2.75, 3.05) is 13.1 Å². The van der Waals surface area contributed by atoms with Gasteiger partial charge in [-0.05, 0) is 56.5 Å². The van der Waals surface area contributed by atoms with Crippen LogP contribution in [0.2, 0.25) is 0 Å². The van der Waals surface area contributed by atoms with Gasteiger partial charge in [-0.15, -0.1) is 0 Å². The van der Waals surface area contributed by atoms with Gasteiger partial charge in [0.2, 0.25) is 0 Å². The summed E-state index contributed by atoms with van der Waals surface area (Å²) >= 11 is 0. The fourth-order valence-electron chi connectivity index (χ4n) is 3.31. The van der Waals surface area contributed by atoms with E-state index in [0.29, 0.717) is 23.1 Å². The molecule has 2 heterocycles. The van der Waals surface area contributed by atoms with Crippen molar-refractivity contribution < 1.29 is 13.7 Å². The molecule has 1 saturated heterocycles. The van der Waals surface area contributed by atoms with Crippen molar-refractivity contribution in [2.45, 2.75) is 37.8 Å². The van der Waals surface area contributed by atoms with Crippen LogP contribution < -0.4 is 5.32 Å². The molecule has 126 valence electrons. The Morgan fingerprint density at radius 2 is 2.00 bits per heavy atom. The molecule has 5 nitrogen and oxygen atoms in total. The number of nitrogens with zero attached hydrogens (tertiary/aromatic N) is 2. The van der Waals surface area contributed by atoms with E-state index in [9.17, 15) is 9.18 Å². The average Bonchev–Trinajstić information content (AvgIpc) is 3.31. The lowest BCUT2D eigenvalue weighted by Gasteiger charge is -2.34. The van der Waals surface area contributed by atoms with Crippen LogP contribution in [0.25, 0.3) is 11.3 Å². The van der Waals surface area contributed by atoms with E-state index in [2.05, 4.69) is 10.5 Å². The first-order chi connectivity index (χ1) is 11.7. The lowest BCUT2D eigenvalue weighted by Crippen LogP contribution is -2.49. The molecule has 0 spiro atoms.